The maximum absolute atomic E-state index is 5.17. The fourth-order valence-electron chi connectivity index (χ4n) is 6.54. The van der Waals surface area contributed by atoms with E-state index in [0.29, 0.717) is 52.4 Å². The van der Waals surface area contributed by atoms with Gasteiger partial charge in [0.2, 0.25) is 0 Å². The van der Waals surface area contributed by atoms with Crippen molar-refractivity contribution in [1.82, 2.24) is 44.9 Å². The lowest BCUT2D eigenvalue weighted by molar-refractivity contribution is 0.543. The van der Waals surface area contributed by atoms with Crippen LogP contribution in [0.3, 0.4) is 0 Å². The normalized spacial score (nSPS) is 12.1. The van der Waals surface area contributed by atoms with Crippen LogP contribution in [0.1, 0.15) is 79.8 Å². The van der Waals surface area contributed by atoms with Crippen LogP contribution in [0.15, 0.2) is 133 Å². The molecule has 8 aromatic rings. The Hall–Kier alpha value is -6.87. The van der Waals surface area contributed by atoms with Crippen LogP contribution < -0.4 is 0 Å². The summed E-state index contributed by atoms with van der Waals surface area (Å²) in [7, 11) is 0. The third kappa shape index (κ3) is 8.76. The minimum Gasteiger partial charge on any atom is -0.212 e. The number of hydrogen-bond acceptors (Lipinski definition) is 9. The van der Waals surface area contributed by atoms with Crippen molar-refractivity contribution >= 4 is 0 Å². The van der Waals surface area contributed by atoms with Crippen molar-refractivity contribution in [2.75, 3.05) is 0 Å². The molecule has 0 aliphatic heterocycles. The third-order valence-corrected chi connectivity index (χ3v) is 9.94. The van der Waals surface area contributed by atoms with Crippen molar-refractivity contribution in [3.8, 4) is 79.5 Å². The van der Waals surface area contributed by atoms with Gasteiger partial charge in [-0.15, -0.1) is 0 Å². The van der Waals surface area contributed by atoms with Gasteiger partial charge in [0.15, 0.2) is 34.9 Å². The van der Waals surface area contributed by atoms with Crippen molar-refractivity contribution in [1.29, 1.82) is 0 Å². The summed E-state index contributed by atoms with van der Waals surface area (Å²) < 4.78 is 0. The van der Waals surface area contributed by atoms with Gasteiger partial charge < -0.3 is 0 Å². The number of rotatable bonds is 7. The van der Waals surface area contributed by atoms with E-state index in [1.54, 1.807) is 0 Å². The summed E-state index contributed by atoms with van der Waals surface area (Å²) in [5.74, 6) is 5.35. The van der Waals surface area contributed by atoms with Crippen LogP contribution in [-0.2, 0) is 16.2 Å². The zero-order valence-electron chi connectivity index (χ0n) is 35.7. The molecule has 0 radical (unpaired) electrons. The Morgan fingerprint density at radius 1 is 0.233 bits per heavy atom. The molecule has 0 saturated heterocycles. The Bertz CT molecular complexity index is 2660. The molecule has 8 rings (SSSR count). The van der Waals surface area contributed by atoms with E-state index >= 15 is 0 Å². The smallest absolute Gasteiger partial charge is 0.163 e. The highest BCUT2D eigenvalue weighted by atomic mass is 15.1. The van der Waals surface area contributed by atoms with Gasteiger partial charge in [-0.3, -0.25) is 0 Å². The maximum Gasteiger partial charge on any atom is 0.163 e. The average Bonchev–Trinajstić information content (AvgIpc) is 3.26. The summed E-state index contributed by atoms with van der Waals surface area (Å²) in [6, 6.07) is 44.9. The lowest BCUT2D eigenvalue weighted by Crippen LogP contribution is -2.18. The monoisotopic (exact) mass is 787 g/mol. The average molecular weight is 788 g/mol. The topological polar surface area (TPSA) is 116 Å². The van der Waals surface area contributed by atoms with E-state index in [2.05, 4.69) is 98.7 Å². The summed E-state index contributed by atoms with van der Waals surface area (Å²) in [5.41, 5.74) is 6.10. The molecular weight excluding hydrogens is 739 g/mol. The van der Waals surface area contributed by atoms with Gasteiger partial charge in [0.1, 0.15) is 17.5 Å². The number of hydrogen-bond donors (Lipinski definition) is 0. The molecule has 0 saturated carbocycles. The van der Waals surface area contributed by atoms with Crippen molar-refractivity contribution in [3.05, 3.63) is 151 Å². The molecule has 0 bridgehead atoms. The predicted molar refractivity (Wildman–Crippen MR) is 241 cm³/mol. The molecule has 3 heterocycles. The van der Waals surface area contributed by atoms with Crippen molar-refractivity contribution in [3.63, 3.8) is 0 Å². The van der Waals surface area contributed by atoms with Crippen molar-refractivity contribution in [2.24, 2.45) is 0 Å². The van der Waals surface area contributed by atoms with Gasteiger partial charge in [-0.05, 0) is 29.3 Å². The van der Waals surface area contributed by atoms with Gasteiger partial charge in [-0.2, -0.15) is 0 Å². The first-order valence-corrected chi connectivity index (χ1v) is 20.3. The van der Waals surface area contributed by atoms with Crippen LogP contribution in [0.5, 0.6) is 0 Å². The first kappa shape index (κ1) is 39.9. The van der Waals surface area contributed by atoms with Gasteiger partial charge in [0.25, 0.3) is 0 Å². The van der Waals surface area contributed by atoms with Gasteiger partial charge in [-0.1, -0.05) is 178 Å². The SMILES string of the molecule is CC(C)(C)c1nc(-c2ccccc2)nc(-c2cc(-c3nc(-c4ccccc4)nc(C(C)(C)C)n3)cc(-c3nc(-c4ccc(-c5ccccc5)cc4)nc(C(C)(C)C)n3)c2)n1. The molecule has 0 N–H and O–H groups in total. The Morgan fingerprint density at radius 3 is 0.733 bits per heavy atom. The highest BCUT2D eigenvalue weighted by Gasteiger charge is 2.26. The Morgan fingerprint density at radius 2 is 0.450 bits per heavy atom. The van der Waals surface area contributed by atoms with E-state index in [-0.39, 0.29) is 16.2 Å². The molecule has 0 aliphatic carbocycles. The molecule has 5 aromatic carbocycles. The second kappa shape index (κ2) is 15.7. The molecule has 9 heteroatoms. The van der Waals surface area contributed by atoms with E-state index in [9.17, 15) is 0 Å². The molecule has 60 heavy (non-hydrogen) atoms. The second-order valence-corrected chi connectivity index (χ2v) is 18.1. The summed E-state index contributed by atoms with van der Waals surface area (Å²) in [5, 5.41) is 0. The maximum atomic E-state index is 5.17. The van der Waals surface area contributed by atoms with Gasteiger partial charge in [0.05, 0.1) is 0 Å². The predicted octanol–water partition coefficient (Wildman–Crippen LogP) is 11.8. The van der Waals surface area contributed by atoms with E-state index in [0.717, 1.165) is 44.5 Å². The molecule has 0 unspecified atom stereocenters. The summed E-state index contributed by atoms with van der Waals surface area (Å²) in [6.07, 6.45) is 0. The highest BCUT2D eigenvalue weighted by molar-refractivity contribution is 5.77. The van der Waals surface area contributed by atoms with Gasteiger partial charge in [-0.25, -0.2) is 44.9 Å². The van der Waals surface area contributed by atoms with E-state index in [4.69, 9.17) is 44.9 Å². The molecule has 298 valence electrons. The van der Waals surface area contributed by atoms with E-state index < -0.39 is 0 Å². The van der Waals surface area contributed by atoms with Crippen LogP contribution in [0.2, 0.25) is 0 Å². The van der Waals surface area contributed by atoms with Gasteiger partial charge in [0, 0.05) is 49.6 Å². The largest absolute Gasteiger partial charge is 0.212 e. The Kier molecular flexibility index (Phi) is 10.5. The van der Waals surface area contributed by atoms with Crippen LogP contribution in [0.4, 0.5) is 0 Å². The number of benzene rings is 5. The zero-order chi connectivity index (χ0) is 42.2. The van der Waals surface area contributed by atoms with Crippen LogP contribution in [0, 0.1) is 0 Å². The molecule has 0 spiro atoms. The molecule has 0 atom stereocenters. The third-order valence-electron chi connectivity index (χ3n) is 9.94. The standard InChI is InChI=1S/C51H49N9/c1-49(2,3)46-55-40(34-21-15-11-16-22-34)52-43(58-46)37-29-38(44-53-41(35-23-17-12-18-24-35)56-47(59-44)50(4,5)6)31-39(30-37)45-54-42(57-48(60-45)51(7,8)9)36-27-25-33(26-28-36)32-19-13-10-14-20-32/h10-31H,1-9H3. The lowest BCUT2D eigenvalue weighted by atomic mass is 9.95. The summed E-state index contributed by atoms with van der Waals surface area (Å²) in [4.78, 5) is 45.8. The fraction of sp³-hybridized carbons (Fsp3) is 0.235. The second-order valence-electron chi connectivity index (χ2n) is 18.1. The highest BCUT2D eigenvalue weighted by Crippen LogP contribution is 2.35. The minimum absolute atomic E-state index is 0.358. The fourth-order valence-corrected chi connectivity index (χ4v) is 6.54. The summed E-state index contributed by atoms with van der Waals surface area (Å²) >= 11 is 0. The lowest BCUT2D eigenvalue weighted by Gasteiger charge is -2.20. The molecule has 0 aliphatic rings. The zero-order valence-corrected chi connectivity index (χ0v) is 35.7. The Balaban J connectivity index is 1.37. The van der Waals surface area contributed by atoms with Crippen LogP contribution >= 0.6 is 0 Å². The number of aromatic nitrogens is 9. The van der Waals surface area contributed by atoms with Crippen molar-refractivity contribution in [2.45, 2.75) is 78.6 Å². The van der Waals surface area contributed by atoms with E-state index in [1.807, 2.05) is 97.1 Å². The molecule has 3 aromatic heterocycles. The number of nitrogens with zero attached hydrogens (tertiary/aromatic N) is 9. The molecule has 9 nitrogen and oxygen atoms in total. The molecule has 0 amide bonds. The van der Waals surface area contributed by atoms with Crippen LogP contribution in [0.25, 0.3) is 79.5 Å². The van der Waals surface area contributed by atoms with Gasteiger partial charge >= 0.3 is 0 Å². The first-order valence-electron chi connectivity index (χ1n) is 20.3. The quantitative estimate of drug-likeness (QED) is 0.156. The molecule has 0 fully saturated rings. The van der Waals surface area contributed by atoms with Crippen molar-refractivity contribution < 1.29 is 0 Å². The first-order chi connectivity index (χ1) is 28.6. The van der Waals surface area contributed by atoms with Crippen LogP contribution in [-0.4, -0.2) is 44.9 Å². The molecular formula is C51H49N9. The van der Waals surface area contributed by atoms with E-state index in [1.165, 1.54) is 0 Å². The minimum atomic E-state index is -0.377. The summed E-state index contributed by atoms with van der Waals surface area (Å²) in [6.45, 7) is 19.0. The Labute approximate surface area is 352 Å².